The molecule has 7 aromatic carbocycles. The third-order valence-corrected chi connectivity index (χ3v) is 14.7. The minimum atomic E-state index is -0.416. The number of fused-ring (bicyclic) bond motifs is 3. The van der Waals surface area contributed by atoms with Gasteiger partial charge in [0.15, 0.2) is 0 Å². The maximum atomic E-state index is 7.08. The summed E-state index contributed by atoms with van der Waals surface area (Å²) in [4.78, 5) is 5.02. The average molecular weight is 1150 g/mol. The number of pyridine rings is 1. The van der Waals surface area contributed by atoms with Crippen LogP contribution in [0.4, 0.5) is 0 Å². The van der Waals surface area contributed by atoms with E-state index >= 15 is 0 Å². The zero-order valence-corrected chi connectivity index (χ0v) is 47.5. The Kier molecular flexibility index (Phi) is 13.7. The number of aromatic nitrogens is 4. The number of rotatable bonds is 10. The molecule has 6 heteroatoms. The van der Waals surface area contributed by atoms with Crippen LogP contribution in [0, 0.1) is 18.5 Å². The molecule has 0 spiro atoms. The number of benzene rings is 7. The first-order valence-corrected chi connectivity index (χ1v) is 25.7. The average Bonchev–Trinajstić information content (AvgIpc) is 3.95. The van der Waals surface area contributed by atoms with Crippen molar-refractivity contribution in [2.24, 2.45) is 0 Å². The first-order chi connectivity index (χ1) is 34.6. The summed E-state index contributed by atoms with van der Waals surface area (Å²) in [7, 11) is 0. The van der Waals surface area contributed by atoms with Gasteiger partial charge in [-0.3, -0.25) is 4.57 Å². The van der Waals surface area contributed by atoms with Gasteiger partial charge >= 0.3 is 0 Å². The molecule has 0 saturated heterocycles. The maximum Gasteiger partial charge on any atom is 0.267 e. The molecule has 10 aromatic rings. The van der Waals surface area contributed by atoms with E-state index in [-0.39, 0.29) is 42.7 Å². The second-order valence-electron chi connectivity index (χ2n) is 23.9. The summed E-state index contributed by atoms with van der Waals surface area (Å²) >= 11 is 0. The number of hydrogen-bond acceptors (Lipinski definition) is 2. The third kappa shape index (κ3) is 9.72. The molecule has 74 heavy (non-hydrogen) atoms. The molecule has 10 rings (SSSR count). The Balaban J connectivity index is 0.00000672. The van der Waals surface area contributed by atoms with Crippen LogP contribution in [0.2, 0.25) is 0 Å². The van der Waals surface area contributed by atoms with Crippen LogP contribution >= 0.6 is 0 Å². The van der Waals surface area contributed by atoms with E-state index in [0.29, 0.717) is 11.5 Å². The van der Waals surface area contributed by atoms with E-state index in [4.69, 9.17) is 9.72 Å². The zero-order valence-electron chi connectivity index (χ0n) is 45.3. The van der Waals surface area contributed by atoms with Crippen LogP contribution in [0.25, 0.3) is 50.1 Å². The van der Waals surface area contributed by atoms with Crippen LogP contribution in [-0.4, -0.2) is 14.1 Å². The normalized spacial score (nSPS) is 12.6. The van der Waals surface area contributed by atoms with Crippen molar-refractivity contribution in [3.05, 3.63) is 234 Å². The van der Waals surface area contributed by atoms with Crippen LogP contribution in [-0.2, 0) is 48.1 Å². The molecule has 0 radical (unpaired) electrons. The van der Waals surface area contributed by atoms with Crippen LogP contribution in [0.1, 0.15) is 129 Å². The van der Waals surface area contributed by atoms with Gasteiger partial charge in [-0.25, -0.2) is 4.98 Å². The fraction of sp³-hybridized carbons (Fsp3) is 0.265. The van der Waals surface area contributed by atoms with Gasteiger partial charge < -0.3 is 13.9 Å². The molecule has 0 saturated carbocycles. The fourth-order valence-corrected chi connectivity index (χ4v) is 10.6. The number of para-hydroxylation sites is 1. The second-order valence-corrected chi connectivity index (χ2v) is 23.9. The van der Waals surface area contributed by atoms with Crippen molar-refractivity contribution in [1.82, 2.24) is 14.1 Å². The summed E-state index contributed by atoms with van der Waals surface area (Å²) in [5.74, 6) is 2.02. The molecule has 0 aliphatic carbocycles. The van der Waals surface area contributed by atoms with Crippen LogP contribution in [0.5, 0.6) is 11.5 Å². The van der Waals surface area contributed by atoms with Crippen molar-refractivity contribution in [2.75, 3.05) is 0 Å². The van der Waals surface area contributed by atoms with Crippen LogP contribution < -0.4 is 9.30 Å². The SMILES string of the molecule is CC(C)(C)c1ccnc(-n2c3[c-]c(Oc4[c-]c(-n5[c-][n+](-c6cc(-c7ccccc7)cc(C(C)(C)c7ccccc7)c6)c(C(C)(C)C)c5C(C)(C)C)ccc4)cc(C(C)(C)c4ccccc4)c3c3ccccc32)c1.[Pt]. The first-order valence-electron chi connectivity index (χ1n) is 25.7. The van der Waals surface area contributed by atoms with E-state index in [9.17, 15) is 0 Å². The van der Waals surface area contributed by atoms with E-state index in [1.54, 1.807) is 0 Å². The van der Waals surface area contributed by atoms with Crippen molar-refractivity contribution >= 4 is 21.8 Å². The maximum absolute atomic E-state index is 7.08. The van der Waals surface area contributed by atoms with Crippen molar-refractivity contribution < 1.29 is 30.4 Å². The predicted molar refractivity (Wildman–Crippen MR) is 301 cm³/mol. The Labute approximate surface area is 454 Å². The van der Waals surface area contributed by atoms with E-state index in [1.807, 2.05) is 12.3 Å². The van der Waals surface area contributed by atoms with Gasteiger partial charge in [-0.2, -0.15) is 12.1 Å². The number of hydrogen-bond donors (Lipinski definition) is 0. The second kappa shape index (κ2) is 19.5. The summed E-state index contributed by atoms with van der Waals surface area (Å²) in [5, 5.41) is 2.27. The Bertz CT molecular complexity index is 3640. The molecular weight excluding hydrogens is 1080 g/mol. The quantitative estimate of drug-likeness (QED) is 0.101. The van der Waals surface area contributed by atoms with Gasteiger partial charge in [-0.05, 0) is 96.4 Å². The minimum absolute atomic E-state index is 0. The summed E-state index contributed by atoms with van der Waals surface area (Å²) in [6, 6.07) is 68.2. The van der Waals surface area contributed by atoms with Gasteiger partial charge in [-0.15, -0.1) is 29.8 Å². The number of imidazole rings is 1. The molecule has 0 fully saturated rings. The minimum Gasteiger partial charge on any atom is -0.510 e. The third-order valence-electron chi connectivity index (χ3n) is 14.7. The smallest absolute Gasteiger partial charge is 0.267 e. The van der Waals surface area contributed by atoms with E-state index in [0.717, 1.165) is 55.8 Å². The van der Waals surface area contributed by atoms with Gasteiger partial charge in [0.2, 0.25) is 0 Å². The predicted octanol–water partition coefficient (Wildman–Crippen LogP) is 16.6. The van der Waals surface area contributed by atoms with Crippen LogP contribution in [0.3, 0.4) is 0 Å². The summed E-state index contributed by atoms with van der Waals surface area (Å²) < 4.78 is 13.9. The molecule has 3 heterocycles. The first kappa shape index (κ1) is 52.1. The molecule has 378 valence electrons. The van der Waals surface area contributed by atoms with E-state index in [2.05, 4.69) is 286 Å². The molecule has 0 N–H and O–H groups in total. The standard InChI is InChI=1S/C68H68N4O.Pt/c1-64(2,3)50-36-37-69-60(41-50)72-58-35-24-23-34-56(58)61-57(68(12,13)49-30-21-16-22-31-49)43-55(44-59(61)72)73-54-33-25-32-52(42-54)70-45-71(63(66(7,8)9)62(70)65(4,5)6)53-39-47(46-26-17-14-18-27-46)38-51(40-53)67(10,11)48-28-19-15-20-29-48;/h14-41,43H,1-13H3;/q-2;. The molecule has 0 unspecified atom stereocenters. The van der Waals surface area contributed by atoms with E-state index < -0.39 is 5.41 Å². The molecular formula is C68H68N4OPt-2. The Morgan fingerprint density at radius 3 is 1.76 bits per heavy atom. The number of ether oxygens (including phenoxy) is 1. The summed E-state index contributed by atoms with van der Waals surface area (Å²) in [6.07, 6.45) is 5.87. The zero-order chi connectivity index (χ0) is 51.7. The van der Waals surface area contributed by atoms with Crippen molar-refractivity contribution in [3.63, 3.8) is 0 Å². The van der Waals surface area contributed by atoms with Crippen LogP contribution in [0.15, 0.2) is 176 Å². The van der Waals surface area contributed by atoms with Gasteiger partial charge in [0.05, 0.1) is 17.1 Å². The molecule has 0 atom stereocenters. The van der Waals surface area contributed by atoms with Gasteiger partial charge in [0.1, 0.15) is 5.82 Å². The topological polar surface area (TPSA) is 35.9 Å². The molecule has 3 aromatic heterocycles. The largest absolute Gasteiger partial charge is 0.510 e. The van der Waals surface area contributed by atoms with Crippen molar-refractivity contribution in [2.45, 2.75) is 117 Å². The van der Waals surface area contributed by atoms with Gasteiger partial charge in [-0.1, -0.05) is 216 Å². The van der Waals surface area contributed by atoms with Crippen molar-refractivity contribution in [1.29, 1.82) is 0 Å². The van der Waals surface area contributed by atoms with E-state index in [1.165, 1.54) is 33.5 Å². The summed E-state index contributed by atoms with van der Waals surface area (Å²) in [5.41, 5.74) is 13.2. The van der Waals surface area contributed by atoms with Crippen molar-refractivity contribution in [3.8, 4) is 39.8 Å². The molecule has 0 bridgehead atoms. The Morgan fingerprint density at radius 1 is 0.500 bits per heavy atom. The summed E-state index contributed by atoms with van der Waals surface area (Å²) in [6.45, 7) is 29.8. The van der Waals surface area contributed by atoms with Gasteiger partial charge in [0, 0.05) is 49.7 Å². The fourth-order valence-electron chi connectivity index (χ4n) is 10.6. The molecule has 5 nitrogen and oxygen atoms in total. The molecule has 0 aliphatic heterocycles. The Hall–Kier alpha value is -6.81. The Morgan fingerprint density at radius 2 is 1.12 bits per heavy atom. The monoisotopic (exact) mass is 1150 g/mol. The van der Waals surface area contributed by atoms with Gasteiger partial charge in [0.25, 0.3) is 6.33 Å². The number of nitrogens with zero attached hydrogens (tertiary/aromatic N) is 4. The molecule has 0 amide bonds. The molecule has 0 aliphatic rings.